The van der Waals surface area contributed by atoms with Gasteiger partial charge in [-0.3, -0.25) is 0 Å². The molecule has 0 aliphatic heterocycles. The predicted octanol–water partition coefficient (Wildman–Crippen LogP) is 4.50. The van der Waals surface area contributed by atoms with E-state index in [1.165, 1.54) is 5.56 Å². The topological polar surface area (TPSA) is 35.8 Å². The number of benzene rings is 1. The van der Waals surface area contributed by atoms with Gasteiger partial charge in [0.15, 0.2) is 0 Å². The first kappa shape index (κ1) is 14.1. The first-order valence-electron chi connectivity index (χ1n) is 5.86. The fourth-order valence-corrected chi connectivity index (χ4v) is 2.00. The zero-order valence-corrected chi connectivity index (χ0v) is 12.3. The minimum Gasteiger partial charge on any atom is -0.384 e. The molecular formula is C14H19BrN2. The van der Waals surface area contributed by atoms with E-state index in [0.717, 1.165) is 29.5 Å². The molecule has 1 rings (SSSR count). The average Bonchev–Trinajstić information content (AvgIpc) is 2.30. The summed E-state index contributed by atoms with van der Waals surface area (Å²) >= 11 is 3.57. The molecule has 17 heavy (non-hydrogen) atoms. The van der Waals surface area contributed by atoms with Crippen LogP contribution in [0.2, 0.25) is 0 Å². The highest BCUT2D eigenvalue weighted by atomic mass is 79.9. The first-order chi connectivity index (χ1) is 7.96. The van der Waals surface area contributed by atoms with Gasteiger partial charge in [-0.25, -0.2) is 0 Å². The molecule has 0 amide bonds. The van der Waals surface area contributed by atoms with Crippen molar-refractivity contribution in [2.24, 2.45) is 5.41 Å². The van der Waals surface area contributed by atoms with Gasteiger partial charge in [-0.05, 0) is 61.2 Å². The minimum absolute atomic E-state index is 0.217. The Hall–Kier alpha value is -1.01. The number of anilines is 1. The van der Waals surface area contributed by atoms with Gasteiger partial charge >= 0.3 is 0 Å². The lowest BCUT2D eigenvalue weighted by Gasteiger charge is -2.15. The van der Waals surface area contributed by atoms with E-state index in [9.17, 15) is 0 Å². The Balaban J connectivity index is 2.42. The fraction of sp³-hybridized carbons (Fsp3) is 0.500. The smallest absolute Gasteiger partial charge is 0.0683 e. The molecule has 92 valence electrons. The zero-order valence-electron chi connectivity index (χ0n) is 10.7. The van der Waals surface area contributed by atoms with Crippen molar-refractivity contribution in [3.63, 3.8) is 0 Å². The molecule has 0 aromatic heterocycles. The van der Waals surface area contributed by atoms with Crippen LogP contribution in [0.4, 0.5) is 5.69 Å². The monoisotopic (exact) mass is 294 g/mol. The van der Waals surface area contributed by atoms with E-state index in [2.05, 4.69) is 46.4 Å². The van der Waals surface area contributed by atoms with E-state index >= 15 is 0 Å². The van der Waals surface area contributed by atoms with Crippen LogP contribution in [0.5, 0.6) is 0 Å². The molecule has 0 atom stereocenters. The van der Waals surface area contributed by atoms with Crippen LogP contribution in [-0.4, -0.2) is 6.54 Å². The number of nitrogens with one attached hydrogen (secondary N) is 1. The highest BCUT2D eigenvalue weighted by Crippen LogP contribution is 2.26. The molecule has 2 nitrogen and oxygen atoms in total. The third-order valence-corrected chi connectivity index (χ3v) is 3.84. The minimum atomic E-state index is -0.217. The number of hydrogen-bond donors (Lipinski definition) is 1. The highest BCUT2D eigenvalue weighted by Gasteiger charge is 2.15. The normalized spacial score (nSPS) is 11.0. The van der Waals surface area contributed by atoms with Crippen LogP contribution < -0.4 is 5.32 Å². The number of nitrogens with zero attached hydrogens (tertiary/aromatic N) is 1. The van der Waals surface area contributed by atoms with Gasteiger partial charge in [-0.1, -0.05) is 12.1 Å². The van der Waals surface area contributed by atoms with Crippen LogP contribution >= 0.6 is 15.9 Å². The van der Waals surface area contributed by atoms with Crippen LogP contribution in [0.3, 0.4) is 0 Å². The third-order valence-electron chi connectivity index (χ3n) is 2.79. The second-order valence-corrected chi connectivity index (χ2v) is 5.76. The van der Waals surface area contributed by atoms with Crippen molar-refractivity contribution in [1.29, 1.82) is 5.26 Å². The molecule has 0 spiro atoms. The van der Waals surface area contributed by atoms with Crippen molar-refractivity contribution in [1.82, 2.24) is 0 Å². The van der Waals surface area contributed by atoms with Crippen LogP contribution in [0.15, 0.2) is 22.7 Å². The average molecular weight is 295 g/mol. The van der Waals surface area contributed by atoms with Gasteiger partial charge in [0.05, 0.1) is 11.5 Å². The standard InChI is InChI=1S/C14H19BrN2/c1-11-6-4-7-12(13(11)15)17-9-5-8-14(2,3)10-16/h4,6-7,17H,5,8-9H2,1-3H3. The number of nitriles is 1. The van der Waals surface area contributed by atoms with Gasteiger partial charge in [-0.2, -0.15) is 5.26 Å². The molecule has 0 aliphatic carbocycles. The highest BCUT2D eigenvalue weighted by molar-refractivity contribution is 9.10. The predicted molar refractivity (Wildman–Crippen MR) is 76.0 cm³/mol. The number of halogens is 1. The molecule has 1 aromatic rings. The molecule has 0 bridgehead atoms. The van der Waals surface area contributed by atoms with E-state index in [-0.39, 0.29) is 5.41 Å². The fourth-order valence-electron chi connectivity index (χ4n) is 1.59. The second kappa shape index (κ2) is 6.07. The largest absolute Gasteiger partial charge is 0.384 e. The lowest BCUT2D eigenvalue weighted by atomic mass is 9.90. The molecular weight excluding hydrogens is 276 g/mol. The van der Waals surface area contributed by atoms with Crippen molar-refractivity contribution in [3.8, 4) is 6.07 Å². The lowest BCUT2D eigenvalue weighted by Crippen LogP contribution is -2.11. The van der Waals surface area contributed by atoms with E-state index in [4.69, 9.17) is 5.26 Å². The summed E-state index contributed by atoms with van der Waals surface area (Å²) in [6, 6.07) is 8.51. The Kier molecular flexibility index (Phi) is 5.02. The molecule has 3 heteroatoms. The number of rotatable bonds is 5. The Bertz CT molecular complexity index is 419. The van der Waals surface area contributed by atoms with Gasteiger partial charge in [-0.15, -0.1) is 0 Å². The molecule has 0 radical (unpaired) electrons. The Morgan fingerprint density at radius 3 is 2.76 bits per heavy atom. The third kappa shape index (κ3) is 4.40. The SMILES string of the molecule is Cc1cccc(NCCCC(C)(C)C#N)c1Br. The summed E-state index contributed by atoms with van der Waals surface area (Å²) in [5.41, 5.74) is 2.14. The van der Waals surface area contributed by atoms with Gasteiger partial charge in [0.2, 0.25) is 0 Å². The van der Waals surface area contributed by atoms with Gasteiger partial charge in [0.25, 0.3) is 0 Å². The van der Waals surface area contributed by atoms with Crippen molar-refractivity contribution in [2.45, 2.75) is 33.6 Å². The molecule has 1 N–H and O–H groups in total. The van der Waals surface area contributed by atoms with Gasteiger partial charge < -0.3 is 5.32 Å². The summed E-state index contributed by atoms with van der Waals surface area (Å²) in [7, 11) is 0. The van der Waals surface area contributed by atoms with E-state index in [0.29, 0.717) is 0 Å². The zero-order chi connectivity index (χ0) is 12.9. The molecule has 1 aromatic carbocycles. The van der Waals surface area contributed by atoms with Gasteiger partial charge in [0.1, 0.15) is 0 Å². The Morgan fingerprint density at radius 2 is 2.12 bits per heavy atom. The molecule has 0 aliphatic rings. The summed E-state index contributed by atoms with van der Waals surface area (Å²) in [5.74, 6) is 0. The second-order valence-electron chi connectivity index (χ2n) is 4.96. The van der Waals surface area contributed by atoms with Gasteiger partial charge in [0, 0.05) is 16.7 Å². The maximum Gasteiger partial charge on any atom is 0.0683 e. The van der Waals surface area contributed by atoms with E-state index in [1.807, 2.05) is 19.9 Å². The first-order valence-corrected chi connectivity index (χ1v) is 6.66. The summed E-state index contributed by atoms with van der Waals surface area (Å²) in [5, 5.41) is 12.3. The number of hydrogen-bond acceptors (Lipinski definition) is 2. The van der Waals surface area contributed by atoms with Crippen LogP contribution in [0.1, 0.15) is 32.3 Å². The van der Waals surface area contributed by atoms with Crippen LogP contribution in [0, 0.1) is 23.7 Å². The molecule has 0 fully saturated rings. The number of aryl methyl sites for hydroxylation is 1. The molecule has 0 saturated carbocycles. The maximum absolute atomic E-state index is 8.91. The lowest BCUT2D eigenvalue weighted by molar-refractivity contribution is 0.441. The summed E-state index contributed by atoms with van der Waals surface area (Å²) in [6.45, 7) is 6.94. The van der Waals surface area contributed by atoms with Crippen molar-refractivity contribution in [3.05, 3.63) is 28.2 Å². The maximum atomic E-state index is 8.91. The van der Waals surface area contributed by atoms with Crippen LogP contribution in [0.25, 0.3) is 0 Å². The molecule has 0 saturated heterocycles. The van der Waals surface area contributed by atoms with Crippen LogP contribution in [-0.2, 0) is 0 Å². The quantitative estimate of drug-likeness (QED) is 0.812. The summed E-state index contributed by atoms with van der Waals surface area (Å²) in [4.78, 5) is 0. The molecule has 0 unspecified atom stereocenters. The summed E-state index contributed by atoms with van der Waals surface area (Å²) < 4.78 is 1.12. The van der Waals surface area contributed by atoms with Crippen molar-refractivity contribution >= 4 is 21.6 Å². The summed E-state index contributed by atoms with van der Waals surface area (Å²) in [6.07, 6.45) is 1.92. The van der Waals surface area contributed by atoms with Crippen molar-refractivity contribution < 1.29 is 0 Å². The van der Waals surface area contributed by atoms with E-state index < -0.39 is 0 Å². The van der Waals surface area contributed by atoms with Crippen molar-refractivity contribution in [2.75, 3.05) is 11.9 Å². The Labute approximate surface area is 112 Å². The van der Waals surface area contributed by atoms with E-state index in [1.54, 1.807) is 0 Å². The Morgan fingerprint density at radius 1 is 1.41 bits per heavy atom. The molecule has 0 heterocycles.